The van der Waals surface area contributed by atoms with Crippen LogP contribution in [0.15, 0.2) is 18.2 Å². The van der Waals surface area contributed by atoms with Crippen molar-refractivity contribution in [3.63, 3.8) is 0 Å². The van der Waals surface area contributed by atoms with Crippen LogP contribution in [0.5, 0.6) is 0 Å². The molecule has 0 bridgehead atoms. The molecule has 1 atom stereocenters. The topological polar surface area (TPSA) is 72.7 Å². The van der Waals surface area contributed by atoms with Crippen molar-refractivity contribution >= 4 is 10.9 Å². The summed E-state index contributed by atoms with van der Waals surface area (Å²) in [6.07, 6.45) is -2.76. The lowest BCUT2D eigenvalue weighted by atomic mass is 10.00. The molecule has 0 saturated carbocycles. The number of nitriles is 2. The number of fused-ring (bicyclic) bond motifs is 1. The Morgan fingerprint density at radius 3 is 2.32 bits per heavy atom. The van der Waals surface area contributed by atoms with E-state index in [1.807, 2.05) is 12.1 Å². The third-order valence-corrected chi connectivity index (χ3v) is 3.92. The first-order valence-corrected chi connectivity index (χ1v) is 6.71. The van der Waals surface area contributed by atoms with Crippen molar-refractivity contribution in [3.8, 4) is 12.1 Å². The summed E-state index contributed by atoms with van der Waals surface area (Å²) in [5, 5.41) is 28.7. The van der Waals surface area contributed by atoms with E-state index in [1.165, 1.54) is 36.6 Å². The van der Waals surface area contributed by atoms with Gasteiger partial charge in [-0.05, 0) is 39.0 Å². The monoisotopic (exact) mass is 303 g/mol. The van der Waals surface area contributed by atoms with E-state index >= 15 is 0 Å². The van der Waals surface area contributed by atoms with Gasteiger partial charge in [-0.3, -0.25) is 0 Å². The zero-order chi connectivity index (χ0) is 16.7. The summed E-state index contributed by atoms with van der Waals surface area (Å²) in [4.78, 5) is 0. The Morgan fingerprint density at radius 2 is 1.86 bits per heavy atom. The summed E-state index contributed by atoms with van der Waals surface area (Å²) in [6.45, 7) is 4.71. The SMILES string of the molecule is CC(n1c(C(F)F)cc2c(C#N)c(C#N)ccc21)C(C)(C)O. The molecular weight excluding hydrogens is 288 g/mol. The molecule has 22 heavy (non-hydrogen) atoms. The van der Waals surface area contributed by atoms with Crippen molar-refractivity contribution in [2.45, 2.75) is 38.8 Å². The van der Waals surface area contributed by atoms with E-state index in [1.54, 1.807) is 6.92 Å². The van der Waals surface area contributed by atoms with Crippen LogP contribution in [-0.2, 0) is 0 Å². The van der Waals surface area contributed by atoms with E-state index in [0.717, 1.165) is 0 Å². The summed E-state index contributed by atoms with van der Waals surface area (Å²) in [6, 6.07) is 7.35. The fourth-order valence-electron chi connectivity index (χ4n) is 2.45. The van der Waals surface area contributed by atoms with Crippen molar-refractivity contribution in [1.82, 2.24) is 4.57 Å². The summed E-state index contributed by atoms with van der Waals surface area (Å²) in [5.74, 6) is 0. The highest BCUT2D eigenvalue weighted by Gasteiger charge is 2.30. The average molecular weight is 303 g/mol. The molecular formula is C16H15F2N3O. The van der Waals surface area contributed by atoms with Crippen molar-refractivity contribution in [3.05, 3.63) is 35.0 Å². The summed E-state index contributed by atoms with van der Waals surface area (Å²) >= 11 is 0. The molecule has 1 aromatic heterocycles. The Balaban J connectivity index is 2.89. The molecule has 6 heteroatoms. The number of benzene rings is 1. The Morgan fingerprint density at radius 1 is 1.23 bits per heavy atom. The van der Waals surface area contributed by atoms with Gasteiger partial charge in [0.1, 0.15) is 12.1 Å². The molecule has 2 rings (SSSR count). The molecule has 2 aromatic rings. The number of halogens is 2. The van der Waals surface area contributed by atoms with E-state index in [0.29, 0.717) is 10.9 Å². The normalized spacial score (nSPS) is 13.1. The minimum Gasteiger partial charge on any atom is -0.388 e. The highest BCUT2D eigenvalue weighted by Crippen LogP contribution is 2.36. The van der Waals surface area contributed by atoms with Crippen molar-refractivity contribution < 1.29 is 13.9 Å². The standard InChI is InChI=1S/C16H15F2N3O/c1-9(16(2,3)22)21-13-5-4-10(7-19)12(8-20)11(13)6-14(21)15(17)18/h4-6,9,15,22H,1-3H3. The van der Waals surface area contributed by atoms with Gasteiger partial charge in [0.25, 0.3) is 6.43 Å². The second-order valence-corrected chi connectivity index (χ2v) is 5.71. The largest absolute Gasteiger partial charge is 0.388 e. The van der Waals surface area contributed by atoms with E-state index in [9.17, 15) is 19.1 Å². The first-order chi connectivity index (χ1) is 10.2. The highest BCUT2D eigenvalue weighted by atomic mass is 19.3. The first kappa shape index (κ1) is 15.9. The number of aliphatic hydroxyl groups is 1. The molecule has 0 amide bonds. The third kappa shape index (κ3) is 2.43. The van der Waals surface area contributed by atoms with Crippen LogP contribution in [0.25, 0.3) is 10.9 Å². The molecule has 1 aromatic carbocycles. The minimum absolute atomic E-state index is 0.0728. The zero-order valence-corrected chi connectivity index (χ0v) is 12.4. The molecule has 114 valence electrons. The second kappa shape index (κ2) is 5.40. The number of hydrogen-bond donors (Lipinski definition) is 1. The molecule has 0 aliphatic rings. The lowest BCUT2D eigenvalue weighted by molar-refractivity contribution is 0.0269. The Kier molecular flexibility index (Phi) is 3.91. The van der Waals surface area contributed by atoms with Gasteiger partial charge < -0.3 is 9.67 Å². The fraction of sp³-hybridized carbons (Fsp3) is 0.375. The van der Waals surface area contributed by atoms with Gasteiger partial charge in [0.05, 0.1) is 34.0 Å². The third-order valence-electron chi connectivity index (χ3n) is 3.92. The van der Waals surface area contributed by atoms with Gasteiger partial charge in [0, 0.05) is 5.39 Å². The maximum absolute atomic E-state index is 13.4. The number of rotatable bonds is 3. The lowest BCUT2D eigenvalue weighted by Gasteiger charge is -2.29. The van der Waals surface area contributed by atoms with Gasteiger partial charge in [-0.25, -0.2) is 8.78 Å². The lowest BCUT2D eigenvalue weighted by Crippen LogP contribution is -2.32. The van der Waals surface area contributed by atoms with E-state index in [-0.39, 0.29) is 16.8 Å². The molecule has 0 aliphatic heterocycles. The first-order valence-electron chi connectivity index (χ1n) is 6.71. The Labute approximate surface area is 126 Å². The maximum Gasteiger partial charge on any atom is 0.278 e. The van der Waals surface area contributed by atoms with Gasteiger partial charge in [-0.2, -0.15) is 10.5 Å². The van der Waals surface area contributed by atoms with E-state index in [2.05, 4.69) is 0 Å². The molecule has 0 fully saturated rings. The van der Waals surface area contributed by atoms with Gasteiger partial charge in [0.2, 0.25) is 0 Å². The van der Waals surface area contributed by atoms with Crippen molar-refractivity contribution in [2.24, 2.45) is 0 Å². The van der Waals surface area contributed by atoms with Crippen LogP contribution in [0.1, 0.15) is 50.1 Å². The van der Waals surface area contributed by atoms with Gasteiger partial charge in [0.15, 0.2) is 0 Å². The molecule has 4 nitrogen and oxygen atoms in total. The van der Waals surface area contributed by atoms with Crippen LogP contribution in [0.4, 0.5) is 8.78 Å². The predicted octanol–water partition coefficient (Wildman–Crippen LogP) is 3.65. The highest BCUT2D eigenvalue weighted by molar-refractivity contribution is 5.89. The Bertz CT molecular complexity index is 804. The van der Waals surface area contributed by atoms with E-state index in [4.69, 9.17) is 5.26 Å². The summed E-state index contributed by atoms with van der Waals surface area (Å²) in [7, 11) is 0. The van der Waals surface area contributed by atoms with E-state index < -0.39 is 18.1 Å². The fourth-order valence-corrected chi connectivity index (χ4v) is 2.45. The molecule has 0 radical (unpaired) electrons. The molecule has 0 saturated heterocycles. The smallest absolute Gasteiger partial charge is 0.278 e. The molecule has 0 aliphatic carbocycles. The molecule has 0 spiro atoms. The van der Waals surface area contributed by atoms with Crippen molar-refractivity contribution in [2.75, 3.05) is 0 Å². The van der Waals surface area contributed by atoms with Gasteiger partial charge in [-0.1, -0.05) is 0 Å². The zero-order valence-electron chi connectivity index (χ0n) is 12.4. The van der Waals surface area contributed by atoms with Crippen LogP contribution < -0.4 is 0 Å². The average Bonchev–Trinajstić information content (AvgIpc) is 2.83. The van der Waals surface area contributed by atoms with Gasteiger partial charge >= 0.3 is 0 Å². The van der Waals surface area contributed by atoms with Crippen molar-refractivity contribution in [1.29, 1.82) is 10.5 Å². The molecule has 1 N–H and O–H groups in total. The van der Waals surface area contributed by atoms with Crippen LogP contribution in [0, 0.1) is 22.7 Å². The van der Waals surface area contributed by atoms with Crippen LogP contribution in [-0.4, -0.2) is 15.3 Å². The summed E-state index contributed by atoms with van der Waals surface area (Å²) in [5.41, 5.74) is -0.889. The van der Waals surface area contributed by atoms with Crippen LogP contribution in [0.3, 0.4) is 0 Å². The maximum atomic E-state index is 13.4. The Hall–Kier alpha value is -2.44. The number of hydrogen-bond acceptors (Lipinski definition) is 3. The molecule has 1 heterocycles. The second-order valence-electron chi connectivity index (χ2n) is 5.71. The van der Waals surface area contributed by atoms with Crippen LogP contribution in [0.2, 0.25) is 0 Å². The number of nitrogens with zero attached hydrogens (tertiary/aromatic N) is 3. The minimum atomic E-state index is -2.76. The van der Waals surface area contributed by atoms with Crippen LogP contribution >= 0.6 is 0 Å². The number of aromatic nitrogens is 1. The number of alkyl halides is 2. The van der Waals surface area contributed by atoms with Gasteiger partial charge in [-0.15, -0.1) is 0 Å². The predicted molar refractivity (Wildman–Crippen MR) is 77.3 cm³/mol. The molecule has 1 unspecified atom stereocenters. The quantitative estimate of drug-likeness (QED) is 0.940. The summed E-state index contributed by atoms with van der Waals surface area (Å²) < 4.78 is 28.1.